The lowest BCUT2D eigenvalue weighted by Gasteiger charge is -2.06. The number of esters is 1. The normalized spacial score (nSPS) is 10.6. The van der Waals surface area contributed by atoms with E-state index in [1.54, 1.807) is 0 Å². The number of halogens is 2. The van der Waals surface area contributed by atoms with E-state index in [1.807, 2.05) is 47.8 Å². The Bertz CT molecular complexity index is 1230. The number of hydrogen-bond donors (Lipinski definition) is 1. The molecule has 2 heterocycles. The molecule has 156 valence electrons. The highest BCUT2D eigenvalue weighted by Gasteiger charge is 2.21. The molecule has 2 aromatic carbocycles. The van der Waals surface area contributed by atoms with E-state index in [9.17, 15) is 18.4 Å². The summed E-state index contributed by atoms with van der Waals surface area (Å²) >= 11 is 1.43. The van der Waals surface area contributed by atoms with Crippen LogP contribution < -0.4 is 5.32 Å². The van der Waals surface area contributed by atoms with Gasteiger partial charge in [0.05, 0.1) is 10.6 Å². The molecule has 10 heteroatoms. The highest BCUT2D eigenvalue weighted by molar-refractivity contribution is 7.13. The monoisotopic (exact) mass is 440 g/mol. The van der Waals surface area contributed by atoms with Crippen LogP contribution in [0.25, 0.3) is 16.4 Å². The number of ether oxygens (including phenoxy) is 1. The van der Waals surface area contributed by atoms with Gasteiger partial charge in [0.1, 0.15) is 0 Å². The Hall–Kier alpha value is -3.92. The Balaban J connectivity index is 1.48. The van der Waals surface area contributed by atoms with Crippen LogP contribution in [0.15, 0.2) is 66.0 Å². The third kappa shape index (κ3) is 4.64. The van der Waals surface area contributed by atoms with E-state index in [2.05, 4.69) is 15.4 Å². The summed E-state index contributed by atoms with van der Waals surface area (Å²) in [4.78, 5) is 29.5. The Labute approximate surface area is 178 Å². The lowest BCUT2D eigenvalue weighted by atomic mass is 10.3. The zero-order valence-corrected chi connectivity index (χ0v) is 16.6. The lowest BCUT2D eigenvalue weighted by molar-refractivity contribution is -0.119. The van der Waals surface area contributed by atoms with E-state index in [-0.39, 0.29) is 11.5 Å². The van der Waals surface area contributed by atoms with E-state index in [1.165, 1.54) is 22.1 Å². The number of amides is 1. The van der Waals surface area contributed by atoms with E-state index in [0.717, 1.165) is 17.0 Å². The van der Waals surface area contributed by atoms with E-state index in [4.69, 9.17) is 4.74 Å². The summed E-state index contributed by atoms with van der Waals surface area (Å²) in [5, 5.41) is 8.42. The van der Waals surface area contributed by atoms with Crippen molar-refractivity contribution in [3.63, 3.8) is 0 Å². The number of carbonyl (C=O) groups is 2. The quantitative estimate of drug-likeness (QED) is 0.457. The van der Waals surface area contributed by atoms with Gasteiger partial charge in [0.15, 0.2) is 24.1 Å². The smallest absolute Gasteiger partial charge is 0.378 e. The molecule has 31 heavy (non-hydrogen) atoms. The van der Waals surface area contributed by atoms with Crippen molar-refractivity contribution in [2.75, 3.05) is 11.9 Å². The van der Waals surface area contributed by atoms with Crippen LogP contribution in [-0.4, -0.2) is 33.2 Å². The molecule has 0 spiro atoms. The third-order valence-corrected chi connectivity index (χ3v) is 4.94. The average molecular weight is 440 g/mol. The topological polar surface area (TPSA) is 86.1 Å². The van der Waals surface area contributed by atoms with Gasteiger partial charge in [-0.25, -0.2) is 18.3 Å². The van der Waals surface area contributed by atoms with Crippen molar-refractivity contribution in [3.05, 3.63) is 83.5 Å². The Kier molecular flexibility index (Phi) is 5.80. The maximum Gasteiger partial charge on any atom is 0.378 e. The minimum Gasteiger partial charge on any atom is -0.450 e. The van der Waals surface area contributed by atoms with Gasteiger partial charge in [0.2, 0.25) is 0 Å². The number of carbonyl (C=O) groups excluding carboxylic acids is 2. The molecule has 2 aromatic heterocycles. The van der Waals surface area contributed by atoms with Gasteiger partial charge in [-0.2, -0.15) is 4.98 Å². The molecule has 4 rings (SSSR count). The first-order valence-electron chi connectivity index (χ1n) is 8.99. The minimum absolute atomic E-state index is 0.0337. The molecule has 0 aliphatic rings. The van der Waals surface area contributed by atoms with Gasteiger partial charge in [-0.1, -0.05) is 24.3 Å². The zero-order chi connectivity index (χ0) is 21.8. The number of nitrogens with one attached hydrogen (secondary N) is 1. The average Bonchev–Trinajstić information content (AvgIpc) is 3.45. The fourth-order valence-corrected chi connectivity index (χ4v) is 3.38. The lowest BCUT2D eigenvalue weighted by Crippen LogP contribution is -2.21. The molecule has 7 nitrogen and oxygen atoms in total. The van der Waals surface area contributed by atoms with Crippen LogP contribution in [0.5, 0.6) is 0 Å². The maximum absolute atomic E-state index is 13.2. The van der Waals surface area contributed by atoms with Crippen LogP contribution in [0.1, 0.15) is 10.6 Å². The predicted molar refractivity (Wildman–Crippen MR) is 110 cm³/mol. The van der Waals surface area contributed by atoms with E-state index < -0.39 is 30.1 Å². The van der Waals surface area contributed by atoms with Crippen LogP contribution in [-0.2, 0) is 9.53 Å². The number of rotatable bonds is 6. The van der Waals surface area contributed by atoms with Gasteiger partial charge in [-0.15, -0.1) is 16.4 Å². The number of nitrogens with zero attached hydrogens (tertiary/aromatic N) is 3. The van der Waals surface area contributed by atoms with Gasteiger partial charge in [0, 0.05) is 11.8 Å². The Morgan fingerprint density at radius 1 is 1.03 bits per heavy atom. The second-order valence-corrected chi connectivity index (χ2v) is 7.18. The number of thiophene rings is 1. The molecule has 0 bridgehead atoms. The predicted octanol–water partition coefficient (Wildman–Crippen LogP) is 4.07. The van der Waals surface area contributed by atoms with Crippen LogP contribution in [0.2, 0.25) is 0 Å². The minimum atomic E-state index is -1.11. The van der Waals surface area contributed by atoms with Crippen molar-refractivity contribution in [1.82, 2.24) is 14.8 Å². The first-order chi connectivity index (χ1) is 15.0. The molecule has 0 fully saturated rings. The van der Waals surface area contributed by atoms with Crippen LogP contribution in [0.3, 0.4) is 0 Å². The molecule has 0 atom stereocenters. The summed E-state index contributed by atoms with van der Waals surface area (Å²) in [6.45, 7) is -0.647. The summed E-state index contributed by atoms with van der Waals surface area (Å²) < 4.78 is 32.7. The highest BCUT2D eigenvalue weighted by atomic mass is 32.1. The molecule has 0 unspecified atom stereocenters. The Morgan fingerprint density at radius 3 is 2.55 bits per heavy atom. The first kappa shape index (κ1) is 20.4. The van der Waals surface area contributed by atoms with Gasteiger partial charge < -0.3 is 10.1 Å². The van der Waals surface area contributed by atoms with Crippen LogP contribution >= 0.6 is 11.3 Å². The molecule has 4 aromatic rings. The van der Waals surface area contributed by atoms with Crippen LogP contribution in [0.4, 0.5) is 14.5 Å². The third-order valence-electron chi connectivity index (χ3n) is 4.07. The number of hydrogen-bond acceptors (Lipinski definition) is 6. The van der Waals surface area contributed by atoms with Crippen molar-refractivity contribution >= 4 is 28.9 Å². The molecule has 1 N–H and O–H groups in total. The molecule has 0 saturated heterocycles. The zero-order valence-electron chi connectivity index (χ0n) is 15.8. The summed E-state index contributed by atoms with van der Waals surface area (Å²) in [5.74, 6) is -3.52. The molecule has 1 amide bonds. The van der Waals surface area contributed by atoms with Crippen molar-refractivity contribution in [1.29, 1.82) is 0 Å². The van der Waals surface area contributed by atoms with E-state index >= 15 is 0 Å². The second-order valence-electron chi connectivity index (χ2n) is 6.24. The van der Waals surface area contributed by atoms with Crippen molar-refractivity contribution in [3.8, 4) is 16.4 Å². The van der Waals surface area contributed by atoms with Gasteiger partial charge in [-0.05, 0) is 35.7 Å². The van der Waals surface area contributed by atoms with Crippen molar-refractivity contribution in [2.24, 2.45) is 0 Å². The maximum atomic E-state index is 13.2. The first-order valence-corrected chi connectivity index (χ1v) is 9.87. The van der Waals surface area contributed by atoms with E-state index in [0.29, 0.717) is 11.5 Å². The number of aromatic nitrogens is 3. The summed E-state index contributed by atoms with van der Waals surface area (Å²) in [6.07, 6.45) is 0. The van der Waals surface area contributed by atoms with Gasteiger partial charge in [-0.3, -0.25) is 4.79 Å². The summed E-state index contributed by atoms with van der Waals surface area (Å²) in [6, 6.07) is 15.7. The number of anilines is 1. The molecular weight excluding hydrogens is 426 g/mol. The Morgan fingerprint density at radius 2 is 1.84 bits per heavy atom. The second kappa shape index (κ2) is 8.84. The molecule has 0 saturated carbocycles. The fraction of sp³-hybridized carbons (Fsp3) is 0.0476. The van der Waals surface area contributed by atoms with Gasteiger partial charge in [0.25, 0.3) is 11.7 Å². The molecule has 0 radical (unpaired) electrons. The summed E-state index contributed by atoms with van der Waals surface area (Å²) in [7, 11) is 0. The number of para-hydroxylation sites is 1. The van der Waals surface area contributed by atoms with Gasteiger partial charge >= 0.3 is 5.97 Å². The number of benzene rings is 2. The van der Waals surface area contributed by atoms with Crippen molar-refractivity contribution < 1.29 is 23.1 Å². The molecular formula is C21H14F2N4O3S. The largest absolute Gasteiger partial charge is 0.450 e. The molecule has 0 aliphatic carbocycles. The van der Waals surface area contributed by atoms with Crippen LogP contribution in [0, 0.1) is 11.6 Å². The molecule has 0 aliphatic heterocycles. The highest BCUT2D eigenvalue weighted by Crippen LogP contribution is 2.25. The SMILES string of the molecule is O=C(COC(=O)c1nc(-c2cccs2)n(-c2ccccc2)n1)Nc1ccc(F)c(F)c1. The fourth-order valence-electron chi connectivity index (χ4n) is 2.68. The standard InChI is InChI=1S/C21H14F2N4O3S/c22-15-9-8-13(11-16(15)23)24-18(28)12-30-21(29)19-25-20(17-7-4-10-31-17)27(26-19)14-5-2-1-3-6-14/h1-11H,12H2,(H,24,28). The summed E-state index contributed by atoms with van der Waals surface area (Å²) in [5.41, 5.74) is 0.736. The van der Waals surface area contributed by atoms with Crippen molar-refractivity contribution in [2.45, 2.75) is 0 Å².